The van der Waals surface area contributed by atoms with Gasteiger partial charge in [-0.15, -0.1) is 0 Å². The molecule has 4 fully saturated rings. The summed E-state index contributed by atoms with van der Waals surface area (Å²) in [6.45, 7) is 8.20. The van der Waals surface area contributed by atoms with Crippen LogP contribution in [0.3, 0.4) is 0 Å². The number of nitrogens with zero attached hydrogens (tertiary/aromatic N) is 5. The Balaban J connectivity index is 0.807. The van der Waals surface area contributed by atoms with Crippen LogP contribution in [0.2, 0.25) is 0 Å². The second-order valence-corrected chi connectivity index (χ2v) is 14.0. The predicted molar refractivity (Wildman–Crippen MR) is 171 cm³/mol. The fraction of sp³-hybridized carbons (Fsp3) is 0.706. The Labute approximate surface area is 264 Å². The van der Waals surface area contributed by atoms with E-state index in [-0.39, 0.29) is 17.4 Å². The standard InChI is InChI=1S/C34H49F2N7O2/c1-22-32-30(43(39-22)26-4-3-13-38-18-26)5-2-6-31(32)44-21-24-16-28(17-24)45-27-11-14-41(15-12-27)19-23-7-9-25(10-8-23)42-20-29(37)33(40-42)34(35)36/h2,5-6,20,23-28,34,38H,3-4,7-19,21,37H2,1H3. The number of hydrogen-bond acceptors (Lipinski definition) is 7. The molecule has 1 atom stereocenters. The number of ether oxygens (including phenoxy) is 2. The van der Waals surface area contributed by atoms with Gasteiger partial charge >= 0.3 is 0 Å². The summed E-state index contributed by atoms with van der Waals surface area (Å²) >= 11 is 0. The van der Waals surface area contributed by atoms with Crippen LogP contribution in [0.15, 0.2) is 24.4 Å². The van der Waals surface area contributed by atoms with Crippen molar-refractivity contribution in [3.8, 4) is 5.75 Å². The smallest absolute Gasteiger partial charge is 0.284 e. The van der Waals surface area contributed by atoms with E-state index < -0.39 is 6.43 Å². The molecule has 4 heterocycles. The first kappa shape index (κ1) is 30.9. The Bertz CT molecular complexity index is 1420. The van der Waals surface area contributed by atoms with Crippen molar-refractivity contribution in [2.45, 2.75) is 102 Å². The molecule has 3 N–H and O–H groups in total. The summed E-state index contributed by atoms with van der Waals surface area (Å²) in [4.78, 5) is 2.60. The summed E-state index contributed by atoms with van der Waals surface area (Å²) in [5.41, 5.74) is 7.79. The van der Waals surface area contributed by atoms with Gasteiger partial charge in [-0.3, -0.25) is 9.36 Å². The molecule has 0 radical (unpaired) electrons. The van der Waals surface area contributed by atoms with Crippen molar-refractivity contribution in [3.63, 3.8) is 0 Å². The van der Waals surface area contributed by atoms with E-state index in [1.165, 1.54) is 11.9 Å². The Morgan fingerprint density at radius 1 is 0.978 bits per heavy atom. The lowest BCUT2D eigenvalue weighted by Crippen LogP contribution is -2.43. The molecule has 11 heteroatoms. The lowest BCUT2D eigenvalue weighted by molar-refractivity contribution is -0.100. The van der Waals surface area contributed by atoms with Crippen LogP contribution >= 0.6 is 0 Å². The minimum Gasteiger partial charge on any atom is -0.493 e. The van der Waals surface area contributed by atoms with Crippen LogP contribution < -0.4 is 15.8 Å². The molecule has 246 valence electrons. The molecule has 2 aromatic heterocycles. The van der Waals surface area contributed by atoms with E-state index in [9.17, 15) is 8.78 Å². The summed E-state index contributed by atoms with van der Waals surface area (Å²) in [5.74, 6) is 2.15. The van der Waals surface area contributed by atoms with Crippen LogP contribution in [0.25, 0.3) is 10.9 Å². The molecular formula is C34H49F2N7O2. The number of benzene rings is 1. The number of nitrogens with one attached hydrogen (secondary N) is 1. The lowest BCUT2D eigenvalue weighted by atomic mass is 9.82. The topological polar surface area (TPSA) is 95.4 Å². The first-order valence-corrected chi connectivity index (χ1v) is 17.2. The van der Waals surface area contributed by atoms with Crippen LogP contribution in [0.4, 0.5) is 14.5 Å². The van der Waals surface area contributed by atoms with Crippen molar-refractivity contribution in [2.75, 3.05) is 45.1 Å². The Morgan fingerprint density at radius 3 is 2.49 bits per heavy atom. The third-order valence-electron chi connectivity index (χ3n) is 10.8. The third-order valence-corrected chi connectivity index (χ3v) is 10.8. The van der Waals surface area contributed by atoms with Gasteiger partial charge in [0, 0.05) is 32.4 Å². The molecule has 4 aliphatic rings. The minimum absolute atomic E-state index is 0.0998. The summed E-state index contributed by atoms with van der Waals surface area (Å²) in [7, 11) is 0. The lowest BCUT2D eigenvalue weighted by Gasteiger charge is -2.41. The summed E-state index contributed by atoms with van der Waals surface area (Å²) < 4.78 is 43.0. The highest BCUT2D eigenvalue weighted by atomic mass is 19.3. The SMILES string of the molecule is Cc1nn(C2CCCNC2)c2cccc(OCC3CC(OC4CCN(CC5CCC(n6cc(N)c(C(F)F)n6)CC5)CC4)C3)c12. The highest BCUT2D eigenvalue weighted by Crippen LogP contribution is 2.37. The van der Waals surface area contributed by atoms with Gasteiger partial charge in [0.1, 0.15) is 5.75 Å². The maximum atomic E-state index is 13.1. The molecule has 2 saturated carbocycles. The number of alkyl halides is 2. The summed E-state index contributed by atoms with van der Waals surface area (Å²) in [5, 5.41) is 13.7. The third kappa shape index (κ3) is 6.86. The number of nitrogen functional groups attached to an aromatic ring is 1. The monoisotopic (exact) mass is 625 g/mol. The fourth-order valence-electron chi connectivity index (χ4n) is 8.14. The quantitative estimate of drug-likeness (QED) is 0.283. The molecule has 2 aliphatic carbocycles. The molecule has 2 aliphatic heterocycles. The van der Waals surface area contributed by atoms with Crippen molar-refractivity contribution in [2.24, 2.45) is 11.8 Å². The first-order chi connectivity index (χ1) is 21.9. The molecular weight excluding hydrogens is 576 g/mol. The zero-order valence-corrected chi connectivity index (χ0v) is 26.6. The zero-order valence-electron chi connectivity index (χ0n) is 26.6. The van der Waals surface area contributed by atoms with Gasteiger partial charge in [0.25, 0.3) is 6.43 Å². The Kier molecular flexibility index (Phi) is 9.29. The van der Waals surface area contributed by atoms with Crippen LogP contribution in [-0.4, -0.2) is 76.0 Å². The van der Waals surface area contributed by atoms with Gasteiger partial charge in [0.05, 0.1) is 53.2 Å². The molecule has 45 heavy (non-hydrogen) atoms. The Hall–Kier alpha value is -2.76. The number of aryl methyl sites for hydroxylation is 1. The number of likely N-dealkylation sites (tertiary alicyclic amines) is 1. The number of aromatic nitrogens is 4. The van der Waals surface area contributed by atoms with Crippen molar-refractivity contribution >= 4 is 16.6 Å². The van der Waals surface area contributed by atoms with Crippen molar-refractivity contribution in [3.05, 3.63) is 35.8 Å². The number of anilines is 1. The molecule has 0 amide bonds. The van der Waals surface area contributed by atoms with E-state index >= 15 is 0 Å². The predicted octanol–water partition coefficient (Wildman–Crippen LogP) is 6.06. The van der Waals surface area contributed by atoms with Gasteiger partial charge < -0.3 is 25.4 Å². The highest BCUT2D eigenvalue weighted by Gasteiger charge is 2.34. The van der Waals surface area contributed by atoms with Gasteiger partial charge in [-0.05, 0) is 102 Å². The van der Waals surface area contributed by atoms with Crippen molar-refractivity contribution in [1.82, 2.24) is 29.8 Å². The molecule has 7 rings (SSSR count). The number of fused-ring (bicyclic) bond motifs is 1. The maximum absolute atomic E-state index is 13.1. The van der Waals surface area contributed by atoms with Crippen molar-refractivity contribution < 1.29 is 18.3 Å². The Morgan fingerprint density at radius 2 is 1.78 bits per heavy atom. The molecule has 1 aromatic carbocycles. The second-order valence-electron chi connectivity index (χ2n) is 14.0. The van der Waals surface area contributed by atoms with Gasteiger partial charge in [0.2, 0.25) is 0 Å². The van der Waals surface area contributed by atoms with Crippen LogP contribution in [0.1, 0.15) is 94.1 Å². The highest BCUT2D eigenvalue weighted by molar-refractivity contribution is 5.88. The van der Waals surface area contributed by atoms with Crippen molar-refractivity contribution in [1.29, 1.82) is 0 Å². The summed E-state index contributed by atoms with van der Waals surface area (Å²) in [6, 6.07) is 6.94. The summed E-state index contributed by atoms with van der Waals surface area (Å²) in [6.07, 6.45) is 10.5. The van der Waals surface area contributed by atoms with Crippen LogP contribution in [-0.2, 0) is 4.74 Å². The van der Waals surface area contributed by atoms with Gasteiger partial charge in [0.15, 0.2) is 5.69 Å². The zero-order chi connectivity index (χ0) is 30.9. The largest absolute Gasteiger partial charge is 0.493 e. The first-order valence-electron chi connectivity index (χ1n) is 17.2. The van der Waals surface area contributed by atoms with E-state index in [4.69, 9.17) is 20.3 Å². The van der Waals surface area contributed by atoms with Crippen LogP contribution in [0.5, 0.6) is 5.75 Å². The average Bonchev–Trinajstić information content (AvgIpc) is 3.60. The molecule has 0 spiro atoms. The van der Waals surface area contributed by atoms with E-state index in [1.807, 2.05) is 0 Å². The average molecular weight is 626 g/mol. The number of halogens is 2. The second kappa shape index (κ2) is 13.5. The van der Waals surface area contributed by atoms with Gasteiger partial charge in [-0.1, -0.05) is 6.07 Å². The maximum Gasteiger partial charge on any atom is 0.284 e. The van der Waals surface area contributed by atoms with E-state index in [0.717, 1.165) is 114 Å². The molecule has 2 saturated heterocycles. The molecule has 3 aromatic rings. The number of rotatable bonds is 10. The number of piperidine rings is 2. The normalized spacial score (nSPS) is 28.5. The fourth-order valence-corrected chi connectivity index (χ4v) is 8.14. The van der Waals surface area contributed by atoms with Crippen LogP contribution in [0, 0.1) is 18.8 Å². The van der Waals surface area contributed by atoms with Gasteiger partial charge in [-0.2, -0.15) is 10.2 Å². The molecule has 9 nitrogen and oxygen atoms in total. The molecule has 1 unspecified atom stereocenters. The minimum atomic E-state index is -2.62. The van der Waals surface area contributed by atoms with E-state index in [1.54, 1.807) is 10.9 Å². The number of nitrogens with two attached hydrogens (primary N) is 1. The van der Waals surface area contributed by atoms with E-state index in [0.29, 0.717) is 30.1 Å². The van der Waals surface area contributed by atoms with E-state index in [2.05, 4.69) is 45.1 Å². The number of hydrogen-bond donors (Lipinski definition) is 2. The van der Waals surface area contributed by atoms with Gasteiger partial charge in [-0.25, -0.2) is 8.78 Å². The molecule has 0 bridgehead atoms.